The van der Waals surface area contributed by atoms with Crippen molar-refractivity contribution in [3.63, 3.8) is 0 Å². The predicted octanol–water partition coefficient (Wildman–Crippen LogP) is 0.0465. The van der Waals surface area contributed by atoms with E-state index in [4.69, 9.17) is 4.74 Å². The van der Waals surface area contributed by atoms with Crippen LogP contribution in [0.5, 0.6) is 0 Å². The first-order valence-electron chi connectivity index (χ1n) is 3.86. The smallest absolute Gasteiger partial charge is 0.409 e. The number of carbonyl (C=O) groups is 1. The molecular weight excluding hydrogens is 144 g/mol. The first-order chi connectivity index (χ1) is 5.24. The van der Waals surface area contributed by atoms with Crippen LogP contribution in [0.15, 0.2) is 0 Å². The Morgan fingerprint density at radius 2 is 2.36 bits per heavy atom. The highest BCUT2D eigenvalue weighted by Crippen LogP contribution is 2.00. The van der Waals surface area contributed by atoms with E-state index in [-0.39, 0.29) is 12.2 Å². The van der Waals surface area contributed by atoms with E-state index in [1.54, 1.807) is 11.9 Å². The summed E-state index contributed by atoms with van der Waals surface area (Å²) < 4.78 is 5.06. The second-order valence-electron chi connectivity index (χ2n) is 2.68. The molecule has 0 aromatic rings. The quantitative estimate of drug-likeness (QED) is 0.617. The van der Waals surface area contributed by atoms with Crippen LogP contribution in [0.2, 0.25) is 0 Å². The lowest BCUT2D eigenvalue weighted by molar-refractivity contribution is 0.0451. The molecule has 0 aromatic heterocycles. The van der Waals surface area contributed by atoms with Gasteiger partial charge in [0.15, 0.2) is 0 Å². The Balaban J connectivity index is 2.19. The normalized spacial score (nSPS) is 17.3. The topological polar surface area (TPSA) is 41.6 Å². The fourth-order valence-electron chi connectivity index (χ4n) is 0.707. The van der Waals surface area contributed by atoms with Crippen molar-refractivity contribution >= 4 is 6.09 Å². The molecule has 0 radical (unpaired) electrons. The average molecular weight is 158 g/mol. The van der Waals surface area contributed by atoms with Crippen molar-refractivity contribution in [3.8, 4) is 0 Å². The van der Waals surface area contributed by atoms with Crippen LogP contribution in [0, 0.1) is 0 Å². The third kappa shape index (κ3) is 2.08. The largest absolute Gasteiger partial charge is 0.443 e. The molecule has 0 aliphatic carbocycles. The molecule has 1 N–H and O–H groups in total. The van der Waals surface area contributed by atoms with Crippen LogP contribution >= 0.6 is 0 Å². The van der Waals surface area contributed by atoms with Crippen LogP contribution in [0.25, 0.3) is 0 Å². The lowest BCUT2D eigenvalue weighted by Crippen LogP contribution is -2.50. The van der Waals surface area contributed by atoms with E-state index < -0.39 is 0 Å². The van der Waals surface area contributed by atoms with E-state index >= 15 is 0 Å². The van der Waals surface area contributed by atoms with Crippen LogP contribution in [-0.2, 0) is 4.74 Å². The van der Waals surface area contributed by atoms with E-state index in [9.17, 15) is 4.79 Å². The van der Waals surface area contributed by atoms with Crippen molar-refractivity contribution in [1.82, 2.24) is 10.2 Å². The second-order valence-corrected chi connectivity index (χ2v) is 2.68. The van der Waals surface area contributed by atoms with Crippen molar-refractivity contribution in [2.45, 2.75) is 13.0 Å². The Hall–Kier alpha value is -0.770. The number of carbonyl (C=O) groups excluding carboxylic acids is 1. The summed E-state index contributed by atoms with van der Waals surface area (Å²) in [6.45, 7) is 4.20. The lowest BCUT2D eigenvalue weighted by Gasteiger charge is -2.28. The Bertz CT molecular complexity index is 145. The van der Waals surface area contributed by atoms with Gasteiger partial charge in [-0.3, -0.25) is 0 Å². The molecule has 0 unspecified atom stereocenters. The van der Waals surface area contributed by atoms with Crippen molar-refractivity contribution in [2.75, 3.05) is 26.7 Å². The molecule has 0 spiro atoms. The molecular formula is C7H14N2O2. The molecule has 0 bridgehead atoms. The van der Waals surface area contributed by atoms with Gasteiger partial charge in [-0.2, -0.15) is 0 Å². The third-order valence-corrected chi connectivity index (χ3v) is 1.80. The Labute approximate surface area is 66.5 Å². The fraction of sp³-hybridized carbons (Fsp3) is 0.857. The zero-order valence-corrected chi connectivity index (χ0v) is 6.96. The zero-order chi connectivity index (χ0) is 8.27. The molecule has 4 nitrogen and oxygen atoms in total. The first-order valence-corrected chi connectivity index (χ1v) is 3.86. The maximum Gasteiger partial charge on any atom is 0.409 e. The van der Waals surface area contributed by atoms with Gasteiger partial charge in [0.25, 0.3) is 0 Å². The number of amides is 1. The fourth-order valence-corrected chi connectivity index (χ4v) is 0.707. The highest BCUT2D eigenvalue weighted by Gasteiger charge is 2.22. The Morgan fingerprint density at radius 3 is 2.73 bits per heavy atom. The summed E-state index contributed by atoms with van der Waals surface area (Å²) in [5, 5.41) is 3.03. The van der Waals surface area contributed by atoms with Crippen molar-refractivity contribution < 1.29 is 9.53 Å². The van der Waals surface area contributed by atoms with Crippen LogP contribution < -0.4 is 5.32 Å². The van der Waals surface area contributed by atoms with Gasteiger partial charge in [0.05, 0.1) is 0 Å². The average Bonchev–Trinajstić information content (AvgIpc) is 1.94. The van der Waals surface area contributed by atoms with Gasteiger partial charge in [0.1, 0.15) is 6.10 Å². The van der Waals surface area contributed by atoms with Gasteiger partial charge in [-0.05, 0) is 6.92 Å². The van der Waals surface area contributed by atoms with Gasteiger partial charge in [0.2, 0.25) is 0 Å². The highest BCUT2D eigenvalue weighted by atomic mass is 16.6. The maximum atomic E-state index is 11.1. The van der Waals surface area contributed by atoms with E-state index in [1.807, 2.05) is 6.92 Å². The number of nitrogens with zero attached hydrogens (tertiary/aromatic N) is 1. The highest BCUT2D eigenvalue weighted by molar-refractivity contribution is 5.67. The van der Waals surface area contributed by atoms with Crippen LogP contribution in [0.1, 0.15) is 6.92 Å². The minimum absolute atomic E-state index is 0.0940. The van der Waals surface area contributed by atoms with Gasteiger partial charge in [0, 0.05) is 26.7 Å². The Morgan fingerprint density at radius 1 is 1.73 bits per heavy atom. The molecule has 64 valence electrons. The third-order valence-electron chi connectivity index (χ3n) is 1.80. The van der Waals surface area contributed by atoms with Crippen LogP contribution in [-0.4, -0.2) is 43.8 Å². The molecule has 1 rings (SSSR count). The SMILES string of the molecule is CCN(C)C(=O)OC1CNC1. The van der Waals surface area contributed by atoms with E-state index in [1.165, 1.54) is 0 Å². The minimum atomic E-state index is -0.223. The lowest BCUT2D eigenvalue weighted by atomic mass is 10.2. The van der Waals surface area contributed by atoms with Crippen molar-refractivity contribution in [3.05, 3.63) is 0 Å². The van der Waals surface area contributed by atoms with Gasteiger partial charge in [-0.25, -0.2) is 4.79 Å². The number of hydrogen-bond acceptors (Lipinski definition) is 3. The molecule has 0 saturated carbocycles. The first kappa shape index (κ1) is 8.33. The summed E-state index contributed by atoms with van der Waals surface area (Å²) in [6.07, 6.45) is -0.129. The van der Waals surface area contributed by atoms with Gasteiger partial charge >= 0.3 is 6.09 Å². The summed E-state index contributed by atoms with van der Waals surface area (Å²) >= 11 is 0. The van der Waals surface area contributed by atoms with E-state index in [0.29, 0.717) is 6.54 Å². The molecule has 1 fully saturated rings. The summed E-state index contributed by atoms with van der Waals surface area (Å²) in [5.41, 5.74) is 0. The molecule has 1 aliphatic rings. The van der Waals surface area contributed by atoms with Crippen molar-refractivity contribution in [1.29, 1.82) is 0 Å². The molecule has 1 heterocycles. The molecule has 11 heavy (non-hydrogen) atoms. The van der Waals surface area contributed by atoms with E-state index in [2.05, 4.69) is 5.32 Å². The maximum absolute atomic E-state index is 11.1. The summed E-state index contributed by atoms with van der Waals surface area (Å²) in [4.78, 5) is 12.6. The minimum Gasteiger partial charge on any atom is -0.443 e. The van der Waals surface area contributed by atoms with Crippen LogP contribution in [0.4, 0.5) is 4.79 Å². The molecule has 1 aliphatic heterocycles. The number of nitrogens with one attached hydrogen (secondary N) is 1. The number of hydrogen-bond donors (Lipinski definition) is 1. The molecule has 4 heteroatoms. The summed E-state index contributed by atoms with van der Waals surface area (Å²) in [5.74, 6) is 0. The number of ether oxygens (including phenoxy) is 1. The standard InChI is InChI=1S/C7H14N2O2/c1-3-9(2)7(10)11-6-4-8-5-6/h6,8H,3-5H2,1-2H3. The van der Waals surface area contributed by atoms with E-state index in [0.717, 1.165) is 13.1 Å². The summed E-state index contributed by atoms with van der Waals surface area (Å²) in [7, 11) is 1.73. The summed E-state index contributed by atoms with van der Waals surface area (Å²) in [6, 6.07) is 0. The monoisotopic (exact) mass is 158 g/mol. The molecule has 1 amide bonds. The predicted molar refractivity (Wildman–Crippen MR) is 41.4 cm³/mol. The van der Waals surface area contributed by atoms with Gasteiger partial charge < -0.3 is 15.0 Å². The van der Waals surface area contributed by atoms with Gasteiger partial charge in [-0.15, -0.1) is 0 Å². The molecule has 0 atom stereocenters. The number of rotatable bonds is 2. The van der Waals surface area contributed by atoms with Gasteiger partial charge in [-0.1, -0.05) is 0 Å². The van der Waals surface area contributed by atoms with Crippen LogP contribution in [0.3, 0.4) is 0 Å². The van der Waals surface area contributed by atoms with Crippen molar-refractivity contribution in [2.24, 2.45) is 0 Å². The second kappa shape index (κ2) is 3.57. The Kier molecular flexibility index (Phi) is 2.70. The molecule has 0 aromatic carbocycles. The molecule has 1 saturated heterocycles. The zero-order valence-electron chi connectivity index (χ0n) is 6.96.